The zero-order valence-corrected chi connectivity index (χ0v) is 12.3. The van der Waals surface area contributed by atoms with Gasteiger partial charge >= 0.3 is 7.60 Å². The fourth-order valence-electron chi connectivity index (χ4n) is 1.83. The van der Waals surface area contributed by atoms with Gasteiger partial charge in [0.1, 0.15) is 6.73 Å². The van der Waals surface area contributed by atoms with Gasteiger partial charge in [0.25, 0.3) is 5.56 Å². The molecule has 0 spiro atoms. The van der Waals surface area contributed by atoms with Gasteiger partial charge in [-0.3, -0.25) is 14.3 Å². The Morgan fingerprint density at radius 3 is 2.86 bits per heavy atom. The normalized spacial score (nSPS) is 13.6. The zero-order chi connectivity index (χ0) is 16.3. The Morgan fingerprint density at radius 2 is 2.23 bits per heavy atom. The monoisotopic (exact) mass is 333 g/mol. The highest BCUT2D eigenvalue weighted by atomic mass is 31.2. The highest BCUT2D eigenvalue weighted by Gasteiger charge is 2.18. The average molecular weight is 333 g/mol. The Bertz CT molecular complexity index is 752. The molecule has 0 aliphatic rings. The highest BCUT2D eigenvalue weighted by Crippen LogP contribution is 2.35. The van der Waals surface area contributed by atoms with Crippen molar-refractivity contribution in [2.75, 3.05) is 18.5 Å². The Morgan fingerprint density at radius 1 is 1.50 bits per heavy atom. The molecular weight excluding hydrogens is 317 g/mol. The molecule has 6 N–H and O–H groups in total. The summed E-state index contributed by atoms with van der Waals surface area (Å²) in [4.78, 5) is 39.5. The molecule has 0 aliphatic carbocycles. The topological polar surface area (TPSA) is 177 Å². The fraction of sp³-hybridized carbons (Fsp3) is 0.500. The summed E-state index contributed by atoms with van der Waals surface area (Å²) in [7, 11) is -4.16. The number of imidazole rings is 1. The summed E-state index contributed by atoms with van der Waals surface area (Å²) in [6.07, 6.45) is 0.131. The maximum Gasteiger partial charge on any atom is 0.325 e. The maximum absolute atomic E-state index is 11.8. The smallest absolute Gasteiger partial charge is 0.325 e. The summed E-state index contributed by atoms with van der Waals surface area (Å²) in [5.74, 6) is -0.0569. The van der Waals surface area contributed by atoms with E-state index in [2.05, 4.69) is 15.0 Å². The van der Waals surface area contributed by atoms with E-state index >= 15 is 0 Å². The molecule has 0 fully saturated rings. The van der Waals surface area contributed by atoms with Crippen molar-refractivity contribution in [3.05, 3.63) is 16.7 Å². The van der Waals surface area contributed by atoms with Gasteiger partial charge in [-0.1, -0.05) is 0 Å². The van der Waals surface area contributed by atoms with E-state index in [0.717, 1.165) is 0 Å². The molecule has 0 amide bonds. The molecule has 11 nitrogen and oxygen atoms in total. The number of hydrogen-bond donors (Lipinski definition) is 5. The van der Waals surface area contributed by atoms with E-state index in [4.69, 9.17) is 25.4 Å². The number of fused-ring (bicyclic) bond motifs is 1. The van der Waals surface area contributed by atoms with E-state index in [1.165, 1.54) is 10.9 Å². The van der Waals surface area contributed by atoms with E-state index in [-0.39, 0.29) is 30.3 Å². The van der Waals surface area contributed by atoms with Gasteiger partial charge in [-0.15, -0.1) is 0 Å². The summed E-state index contributed by atoms with van der Waals surface area (Å²) in [5, 5.41) is 9.16. The zero-order valence-electron chi connectivity index (χ0n) is 11.4. The standard InChI is InChI=1S/C10H16N5O6P/c11-10-13-8-7(9(17)14-10)15(4-12-8)5-21-6(3-16)1-2-22(18,19)20/h4,6,16H,1-3,5H2,(H2,18,19,20)(H3,11,13,14,17)/t6-/m1/s1. The summed E-state index contributed by atoms with van der Waals surface area (Å²) in [6.45, 7) is -0.536. The molecule has 0 bridgehead atoms. The third-order valence-corrected chi connectivity index (χ3v) is 3.74. The van der Waals surface area contributed by atoms with Crippen LogP contribution in [-0.4, -0.2) is 53.3 Å². The molecule has 0 saturated heterocycles. The van der Waals surface area contributed by atoms with Crippen molar-refractivity contribution in [2.24, 2.45) is 0 Å². The second-order valence-electron chi connectivity index (χ2n) is 4.62. The fourth-order valence-corrected chi connectivity index (χ4v) is 2.45. The lowest BCUT2D eigenvalue weighted by atomic mass is 10.3. The van der Waals surface area contributed by atoms with E-state index in [1.807, 2.05) is 0 Å². The third-order valence-electron chi connectivity index (χ3n) is 2.90. The number of aliphatic hydroxyl groups is 1. The van der Waals surface area contributed by atoms with E-state index in [0.29, 0.717) is 0 Å². The first-order chi connectivity index (χ1) is 10.3. The number of nitrogens with two attached hydrogens (primary N) is 1. The van der Waals surface area contributed by atoms with Gasteiger partial charge in [0.05, 0.1) is 25.2 Å². The van der Waals surface area contributed by atoms with Gasteiger partial charge < -0.3 is 29.9 Å². The van der Waals surface area contributed by atoms with Gasteiger partial charge in [0.2, 0.25) is 5.95 Å². The number of aromatic amines is 1. The molecule has 1 atom stereocenters. The Labute approximate surface area is 123 Å². The summed E-state index contributed by atoms with van der Waals surface area (Å²) in [5.41, 5.74) is 5.22. The number of nitrogen functional groups attached to an aromatic ring is 1. The number of nitrogens with one attached hydrogen (secondary N) is 1. The second-order valence-corrected chi connectivity index (χ2v) is 6.39. The molecule has 2 rings (SSSR count). The minimum atomic E-state index is -4.16. The quantitative estimate of drug-likeness (QED) is 0.381. The van der Waals surface area contributed by atoms with Crippen molar-refractivity contribution in [3.8, 4) is 0 Å². The van der Waals surface area contributed by atoms with Crippen LogP contribution >= 0.6 is 7.60 Å². The molecule has 0 aromatic carbocycles. The highest BCUT2D eigenvalue weighted by molar-refractivity contribution is 7.51. The lowest BCUT2D eigenvalue weighted by Crippen LogP contribution is -2.22. The van der Waals surface area contributed by atoms with Crippen LogP contribution in [-0.2, 0) is 16.0 Å². The van der Waals surface area contributed by atoms with Crippen LogP contribution in [0.5, 0.6) is 0 Å². The summed E-state index contributed by atoms with van der Waals surface area (Å²) in [6, 6.07) is 0. The lowest BCUT2D eigenvalue weighted by Gasteiger charge is -2.16. The van der Waals surface area contributed by atoms with Crippen molar-refractivity contribution in [1.82, 2.24) is 19.5 Å². The van der Waals surface area contributed by atoms with Gasteiger partial charge in [-0.05, 0) is 6.42 Å². The number of nitrogens with zero attached hydrogens (tertiary/aromatic N) is 3. The Kier molecular flexibility index (Phi) is 4.94. The van der Waals surface area contributed by atoms with Crippen LogP contribution in [0.1, 0.15) is 6.42 Å². The van der Waals surface area contributed by atoms with Crippen molar-refractivity contribution in [2.45, 2.75) is 19.3 Å². The number of aliphatic hydroxyl groups excluding tert-OH is 1. The molecule has 122 valence electrons. The maximum atomic E-state index is 11.8. The molecular formula is C10H16N5O6P. The first kappa shape index (κ1) is 16.6. The van der Waals surface area contributed by atoms with Gasteiger partial charge in [-0.2, -0.15) is 4.98 Å². The van der Waals surface area contributed by atoms with Crippen LogP contribution in [0, 0.1) is 0 Å². The number of anilines is 1. The number of H-pyrrole nitrogens is 1. The minimum absolute atomic E-state index is 0.0189. The summed E-state index contributed by atoms with van der Waals surface area (Å²) < 4.78 is 17.5. The SMILES string of the molecule is Nc1nc2ncn(CO[C@@H](CO)CCP(=O)(O)O)c2c(=O)[nH]1. The predicted octanol–water partition coefficient (Wildman–Crippen LogP) is -1.40. The molecule has 22 heavy (non-hydrogen) atoms. The van der Waals surface area contributed by atoms with Crippen LogP contribution in [0.15, 0.2) is 11.1 Å². The molecule has 0 aliphatic heterocycles. The van der Waals surface area contributed by atoms with Crippen molar-refractivity contribution >= 4 is 24.7 Å². The van der Waals surface area contributed by atoms with Crippen molar-refractivity contribution in [1.29, 1.82) is 0 Å². The molecule has 2 heterocycles. The van der Waals surface area contributed by atoms with Crippen LogP contribution in [0.2, 0.25) is 0 Å². The first-order valence-electron chi connectivity index (χ1n) is 6.28. The largest absolute Gasteiger partial charge is 0.394 e. The number of ether oxygens (including phenoxy) is 1. The van der Waals surface area contributed by atoms with Crippen LogP contribution in [0.3, 0.4) is 0 Å². The molecule has 0 radical (unpaired) electrons. The molecule has 12 heteroatoms. The third kappa shape index (κ3) is 4.12. The molecule has 2 aromatic rings. The van der Waals surface area contributed by atoms with Gasteiger partial charge in [0.15, 0.2) is 11.2 Å². The van der Waals surface area contributed by atoms with Gasteiger partial charge in [-0.25, -0.2) is 4.98 Å². The van der Waals surface area contributed by atoms with E-state index in [9.17, 15) is 9.36 Å². The van der Waals surface area contributed by atoms with Crippen molar-refractivity contribution in [3.63, 3.8) is 0 Å². The predicted molar refractivity (Wildman–Crippen MR) is 76.0 cm³/mol. The van der Waals surface area contributed by atoms with Crippen LogP contribution in [0.4, 0.5) is 5.95 Å². The van der Waals surface area contributed by atoms with Crippen LogP contribution < -0.4 is 11.3 Å². The number of hydrogen-bond acceptors (Lipinski definition) is 7. The van der Waals surface area contributed by atoms with Gasteiger partial charge in [0, 0.05) is 0 Å². The Hall–Kier alpha value is -1.78. The second kappa shape index (κ2) is 6.55. The van der Waals surface area contributed by atoms with E-state index < -0.39 is 32.0 Å². The van der Waals surface area contributed by atoms with Crippen LogP contribution in [0.25, 0.3) is 11.2 Å². The van der Waals surface area contributed by atoms with E-state index in [1.54, 1.807) is 0 Å². The first-order valence-corrected chi connectivity index (χ1v) is 8.07. The molecule has 2 aromatic heterocycles. The van der Waals surface area contributed by atoms with Crippen molar-refractivity contribution < 1.29 is 24.2 Å². The molecule has 0 unspecified atom stereocenters. The summed E-state index contributed by atoms with van der Waals surface area (Å²) >= 11 is 0. The number of rotatable bonds is 7. The lowest BCUT2D eigenvalue weighted by molar-refractivity contribution is -0.0238. The number of aromatic nitrogens is 4. The minimum Gasteiger partial charge on any atom is -0.394 e. The molecule has 0 saturated carbocycles. The average Bonchev–Trinajstić information content (AvgIpc) is 2.81. The Balaban J connectivity index is 2.08.